The Hall–Kier alpha value is -2.76. The highest BCUT2D eigenvalue weighted by Crippen LogP contribution is 2.29. The Bertz CT molecular complexity index is 797. The van der Waals surface area contributed by atoms with Gasteiger partial charge in [-0.15, -0.1) is 0 Å². The molecule has 0 fully saturated rings. The molecule has 0 saturated carbocycles. The third kappa shape index (κ3) is 8.72. The van der Waals surface area contributed by atoms with E-state index in [9.17, 15) is 18.0 Å². The number of allylic oxidation sites excluding steroid dienone is 2. The monoisotopic (exact) mass is 418 g/mol. The summed E-state index contributed by atoms with van der Waals surface area (Å²) in [4.78, 5) is 12.0. The molecule has 2 N–H and O–H groups in total. The molecule has 0 bridgehead atoms. The second-order valence-corrected chi connectivity index (χ2v) is 7.18. The van der Waals surface area contributed by atoms with E-state index < -0.39 is 11.7 Å². The molecule has 30 heavy (non-hydrogen) atoms. The van der Waals surface area contributed by atoms with Gasteiger partial charge in [-0.2, -0.15) is 13.2 Å². The molecule has 162 valence electrons. The number of alkyl halides is 3. The van der Waals surface area contributed by atoms with Gasteiger partial charge in [0.15, 0.2) is 0 Å². The van der Waals surface area contributed by atoms with Gasteiger partial charge in [-0.25, -0.2) is 0 Å². The molecular formula is C24H29F3N2O. The van der Waals surface area contributed by atoms with Crippen LogP contribution in [0, 0.1) is 0 Å². The lowest BCUT2D eigenvalue weighted by Crippen LogP contribution is -2.11. The van der Waals surface area contributed by atoms with Gasteiger partial charge in [-0.3, -0.25) is 4.79 Å². The van der Waals surface area contributed by atoms with E-state index in [1.807, 2.05) is 12.1 Å². The summed E-state index contributed by atoms with van der Waals surface area (Å²) in [6, 6.07) is 12.3. The van der Waals surface area contributed by atoms with Crippen molar-refractivity contribution in [3.8, 4) is 0 Å². The van der Waals surface area contributed by atoms with E-state index >= 15 is 0 Å². The Balaban J connectivity index is 1.71. The van der Waals surface area contributed by atoms with Crippen LogP contribution in [-0.2, 0) is 17.5 Å². The molecule has 0 unspecified atom stereocenters. The van der Waals surface area contributed by atoms with Crippen LogP contribution < -0.4 is 10.6 Å². The number of nitrogens with one attached hydrogen (secondary N) is 2. The zero-order chi connectivity index (χ0) is 21.8. The van der Waals surface area contributed by atoms with Gasteiger partial charge in [0.2, 0.25) is 5.91 Å². The van der Waals surface area contributed by atoms with Crippen molar-refractivity contribution >= 4 is 17.3 Å². The molecule has 0 spiro atoms. The Morgan fingerprint density at radius 1 is 0.900 bits per heavy atom. The number of benzene rings is 2. The summed E-state index contributed by atoms with van der Waals surface area (Å²) in [5.74, 6) is -0.0116. The molecule has 0 aromatic heterocycles. The van der Waals surface area contributed by atoms with Crippen LogP contribution in [0.2, 0.25) is 0 Å². The highest BCUT2D eigenvalue weighted by atomic mass is 19.4. The van der Waals surface area contributed by atoms with Crippen LogP contribution in [0.4, 0.5) is 24.5 Å². The Labute approximate surface area is 176 Å². The van der Waals surface area contributed by atoms with Crippen molar-refractivity contribution in [2.24, 2.45) is 0 Å². The average Bonchev–Trinajstić information content (AvgIpc) is 2.72. The van der Waals surface area contributed by atoms with Gasteiger partial charge in [-0.05, 0) is 61.2 Å². The standard InChI is InChI=1S/C24H29F3N2O/c1-2-3-4-5-6-7-8-9-23(30)29-22-16-14-21(15-17-22)28-18-19-10-12-20(13-11-19)24(25,26)27/h5-6,10-17,28H,2-4,7-9,18H2,1H3,(H,29,30)/b6-5-. The van der Waals surface area contributed by atoms with E-state index in [1.54, 1.807) is 12.1 Å². The van der Waals surface area contributed by atoms with E-state index in [-0.39, 0.29) is 5.91 Å². The van der Waals surface area contributed by atoms with Crippen LogP contribution in [0.5, 0.6) is 0 Å². The second-order valence-electron chi connectivity index (χ2n) is 7.18. The number of amides is 1. The van der Waals surface area contributed by atoms with Crippen molar-refractivity contribution in [2.75, 3.05) is 10.6 Å². The van der Waals surface area contributed by atoms with Crippen LogP contribution >= 0.6 is 0 Å². The van der Waals surface area contributed by atoms with Gasteiger partial charge in [0.1, 0.15) is 0 Å². The number of hydrogen-bond acceptors (Lipinski definition) is 2. The number of carbonyl (C=O) groups excluding carboxylic acids is 1. The molecule has 2 aromatic carbocycles. The van der Waals surface area contributed by atoms with Crippen molar-refractivity contribution in [3.63, 3.8) is 0 Å². The lowest BCUT2D eigenvalue weighted by molar-refractivity contribution is -0.137. The van der Waals surface area contributed by atoms with Crippen LogP contribution in [0.3, 0.4) is 0 Å². The number of anilines is 2. The maximum absolute atomic E-state index is 12.6. The van der Waals surface area contributed by atoms with E-state index in [0.29, 0.717) is 13.0 Å². The highest BCUT2D eigenvalue weighted by Gasteiger charge is 2.29. The maximum atomic E-state index is 12.6. The minimum Gasteiger partial charge on any atom is -0.381 e. The second kappa shape index (κ2) is 12.1. The van der Waals surface area contributed by atoms with E-state index in [4.69, 9.17) is 0 Å². The first kappa shape index (κ1) is 23.5. The Kier molecular flexibility index (Phi) is 9.45. The quantitative estimate of drug-likeness (QED) is 0.300. The fraction of sp³-hybridized carbons (Fsp3) is 0.375. The van der Waals surface area contributed by atoms with Gasteiger partial charge < -0.3 is 10.6 Å². The number of carbonyl (C=O) groups is 1. The van der Waals surface area contributed by atoms with Crippen molar-refractivity contribution in [3.05, 3.63) is 71.8 Å². The first-order valence-electron chi connectivity index (χ1n) is 10.3. The molecule has 6 heteroatoms. The summed E-state index contributed by atoms with van der Waals surface area (Å²) in [6.45, 7) is 2.58. The van der Waals surface area contributed by atoms with E-state index in [1.165, 1.54) is 25.0 Å². The topological polar surface area (TPSA) is 41.1 Å². The summed E-state index contributed by atoms with van der Waals surface area (Å²) < 4.78 is 37.8. The minimum atomic E-state index is -4.32. The normalized spacial score (nSPS) is 11.6. The molecule has 2 aromatic rings. The van der Waals surface area contributed by atoms with Crippen LogP contribution in [0.1, 0.15) is 56.6 Å². The molecule has 0 atom stereocenters. The minimum absolute atomic E-state index is 0.0116. The smallest absolute Gasteiger partial charge is 0.381 e. The highest BCUT2D eigenvalue weighted by molar-refractivity contribution is 5.90. The largest absolute Gasteiger partial charge is 0.416 e. The first-order chi connectivity index (χ1) is 14.4. The maximum Gasteiger partial charge on any atom is 0.416 e. The molecule has 2 rings (SSSR count). The van der Waals surface area contributed by atoms with Gasteiger partial charge in [0.05, 0.1) is 5.56 Å². The SMILES string of the molecule is CCCC/C=C\CCCC(=O)Nc1ccc(NCc2ccc(C(F)(F)F)cc2)cc1. The lowest BCUT2D eigenvalue weighted by Gasteiger charge is -2.10. The predicted octanol–water partition coefficient (Wildman–Crippen LogP) is 7.17. The molecule has 1 amide bonds. The fourth-order valence-corrected chi connectivity index (χ4v) is 2.85. The van der Waals surface area contributed by atoms with E-state index in [0.717, 1.165) is 48.3 Å². The van der Waals surface area contributed by atoms with Crippen LogP contribution in [0.15, 0.2) is 60.7 Å². The van der Waals surface area contributed by atoms with Crippen molar-refractivity contribution in [1.82, 2.24) is 0 Å². The third-order valence-corrected chi connectivity index (χ3v) is 4.61. The van der Waals surface area contributed by atoms with Gasteiger partial charge >= 0.3 is 6.18 Å². The fourth-order valence-electron chi connectivity index (χ4n) is 2.85. The van der Waals surface area contributed by atoms with Crippen molar-refractivity contribution in [1.29, 1.82) is 0 Å². The van der Waals surface area contributed by atoms with Gasteiger partial charge in [-0.1, -0.05) is 44.1 Å². The van der Waals surface area contributed by atoms with Crippen molar-refractivity contribution < 1.29 is 18.0 Å². The summed E-state index contributed by atoms with van der Waals surface area (Å²) in [5.41, 5.74) is 1.65. The number of halogens is 3. The summed E-state index contributed by atoms with van der Waals surface area (Å²) in [7, 11) is 0. The molecule has 0 aliphatic rings. The molecule has 0 aliphatic heterocycles. The molecule has 0 radical (unpaired) electrons. The molecule has 0 heterocycles. The zero-order valence-corrected chi connectivity index (χ0v) is 17.3. The molecule has 0 saturated heterocycles. The summed E-state index contributed by atoms with van der Waals surface area (Å²) in [6.07, 6.45) is 5.69. The Morgan fingerprint density at radius 3 is 2.10 bits per heavy atom. The molecule has 0 aliphatic carbocycles. The number of rotatable bonds is 11. The summed E-state index contributed by atoms with van der Waals surface area (Å²) >= 11 is 0. The van der Waals surface area contributed by atoms with Crippen LogP contribution in [-0.4, -0.2) is 5.91 Å². The van der Waals surface area contributed by atoms with Gasteiger partial charge in [0, 0.05) is 24.3 Å². The molecule has 3 nitrogen and oxygen atoms in total. The van der Waals surface area contributed by atoms with Gasteiger partial charge in [0.25, 0.3) is 0 Å². The predicted molar refractivity (Wildman–Crippen MR) is 116 cm³/mol. The van der Waals surface area contributed by atoms with E-state index in [2.05, 4.69) is 29.7 Å². The number of hydrogen-bond donors (Lipinski definition) is 2. The molecular weight excluding hydrogens is 389 g/mol. The van der Waals surface area contributed by atoms with Crippen molar-refractivity contribution in [2.45, 2.75) is 58.2 Å². The van der Waals surface area contributed by atoms with Crippen LogP contribution in [0.25, 0.3) is 0 Å². The summed E-state index contributed by atoms with van der Waals surface area (Å²) in [5, 5.41) is 6.04. The number of unbranched alkanes of at least 4 members (excludes halogenated alkanes) is 3. The lowest BCUT2D eigenvalue weighted by atomic mass is 10.1. The first-order valence-corrected chi connectivity index (χ1v) is 10.3. The average molecular weight is 419 g/mol. The Morgan fingerprint density at radius 2 is 1.50 bits per heavy atom. The zero-order valence-electron chi connectivity index (χ0n) is 17.3. The third-order valence-electron chi connectivity index (χ3n) is 4.61.